The van der Waals surface area contributed by atoms with Crippen LogP contribution in [0.25, 0.3) is 0 Å². The molecule has 0 bridgehead atoms. The van der Waals surface area contributed by atoms with E-state index in [1.165, 1.54) is 0 Å². The SMILES string of the molecule is CCOc1ccc(N)c(SCc2ccc(C(=O)O)cc2)c1. The van der Waals surface area contributed by atoms with E-state index >= 15 is 0 Å². The van der Waals surface area contributed by atoms with Crippen LogP contribution in [-0.4, -0.2) is 17.7 Å². The molecular formula is C16H17NO3S. The van der Waals surface area contributed by atoms with Gasteiger partial charge in [0.25, 0.3) is 0 Å². The molecule has 0 unspecified atom stereocenters. The van der Waals surface area contributed by atoms with Crippen molar-refractivity contribution in [1.29, 1.82) is 0 Å². The van der Waals surface area contributed by atoms with E-state index in [1.54, 1.807) is 23.9 Å². The molecule has 3 N–H and O–H groups in total. The lowest BCUT2D eigenvalue weighted by Gasteiger charge is -2.09. The van der Waals surface area contributed by atoms with Crippen molar-refractivity contribution in [2.75, 3.05) is 12.3 Å². The van der Waals surface area contributed by atoms with Crippen LogP contribution >= 0.6 is 11.8 Å². The summed E-state index contributed by atoms with van der Waals surface area (Å²) >= 11 is 1.60. The molecule has 0 atom stereocenters. The van der Waals surface area contributed by atoms with E-state index in [4.69, 9.17) is 15.6 Å². The van der Waals surface area contributed by atoms with Crippen molar-refractivity contribution in [3.05, 3.63) is 53.6 Å². The van der Waals surface area contributed by atoms with Crippen LogP contribution in [0.1, 0.15) is 22.8 Å². The quantitative estimate of drug-likeness (QED) is 0.629. The largest absolute Gasteiger partial charge is 0.494 e. The van der Waals surface area contributed by atoms with E-state index in [0.29, 0.717) is 17.9 Å². The summed E-state index contributed by atoms with van der Waals surface area (Å²) in [5.74, 6) is 0.609. The average molecular weight is 303 g/mol. The summed E-state index contributed by atoms with van der Waals surface area (Å²) in [4.78, 5) is 11.8. The van der Waals surface area contributed by atoms with Crippen LogP contribution < -0.4 is 10.5 Å². The minimum atomic E-state index is -0.914. The van der Waals surface area contributed by atoms with Crippen molar-refractivity contribution >= 4 is 23.4 Å². The number of nitrogen functional groups attached to an aromatic ring is 1. The Morgan fingerprint density at radius 3 is 2.57 bits per heavy atom. The number of anilines is 1. The van der Waals surface area contributed by atoms with Crippen LogP contribution in [0.5, 0.6) is 5.75 Å². The third-order valence-electron chi connectivity index (χ3n) is 2.89. The summed E-state index contributed by atoms with van der Waals surface area (Å²) in [5.41, 5.74) is 8.01. The smallest absolute Gasteiger partial charge is 0.335 e. The Morgan fingerprint density at radius 1 is 1.24 bits per heavy atom. The molecule has 0 spiro atoms. The molecule has 4 nitrogen and oxygen atoms in total. The summed E-state index contributed by atoms with van der Waals surface area (Å²) in [6.07, 6.45) is 0. The molecule has 5 heteroatoms. The van der Waals surface area contributed by atoms with Crippen LogP contribution in [-0.2, 0) is 5.75 Å². The number of aromatic carboxylic acids is 1. The van der Waals surface area contributed by atoms with Crippen LogP contribution in [0.4, 0.5) is 5.69 Å². The first-order valence-corrected chi connectivity index (χ1v) is 7.56. The van der Waals surface area contributed by atoms with E-state index in [0.717, 1.165) is 22.0 Å². The number of hydrogen-bond acceptors (Lipinski definition) is 4. The standard InChI is InChI=1S/C16H17NO3S/c1-2-20-13-7-8-14(17)15(9-13)21-10-11-3-5-12(6-4-11)16(18)19/h3-9H,2,10,17H2,1H3,(H,18,19). The number of hydrogen-bond donors (Lipinski definition) is 2. The summed E-state index contributed by atoms with van der Waals surface area (Å²) < 4.78 is 5.46. The average Bonchev–Trinajstić information content (AvgIpc) is 2.48. The van der Waals surface area contributed by atoms with Gasteiger partial charge in [-0.15, -0.1) is 11.8 Å². The fourth-order valence-corrected chi connectivity index (χ4v) is 2.75. The Bertz CT molecular complexity index is 626. The van der Waals surface area contributed by atoms with Crippen LogP contribution in [0, 0.1) is 0 Å². The Hall–Kier alpha value is -2.14. The molecule has 0 fully saturated rings. The number of nitrogens with two attached hydrogens (primary N) is 1. The van der Waals surface area contributed by atoms with E-state index in [-0.39, 0.29) is 0 Å². The molecule has 0 amide bonds. The molecule has 2 aromatic rings. The molecule has 2 aromatic carbocycles. The van der Waals surface area contributed by atoms with Crippen molar-refractivity contribution in [2.45, 2.75) is 17.6 Å². The zero-order valence-corrected chi connectivity index (χ0v) is 12.5. The first-order chi connectivity index (χ1) is 10.1. The number of carbonyl (C=O) groups is 1. The molecule has 110 valence electrons. The fraction of sp³-hybridized carbons (Fsp3) is 0.188. The molecule has 0 aliphatic rings. The molecule has 0 aliphatic heterocycles. The van der Waals surface area contributed by atoms with Gasteiger partial charge < -0.3 is 15.6 Å². The molecule has 0 radical (unpaired) electrons. The third-order valence-corrected chi connectivity index (χ3v) is 4.03. The highest BCUT2D eigenvalue weighted by molar-refractivity contribution is 7.98. The van der Waals surface area contributed by atoms with Crippen molar-refractivity contribution in [1.82, 2.24) is 0 Å². The summed E-state index contributed by atoms with van der Waals surface area (Å²) in [6.45, 7) is 2.55. The van der Waals surface area contributed by atoms with Gasteiger partial charge in [-0.2, -0.15) is 0 Å². The van der Waals surface area contributed by atoms with Gasteiger partial charge in [-0.05, 0) is 42.8 Å². The number of thioether (sulfide) groups is 1. The van der Waals surface area contributed by atoms with Gasteiger partial charge in [0.2, 0.25) is 0 Å². The normalized spacial score (nSPS) is 10.3. The van der Waals surface area contributed by atoms with Gasteiger partial charge in [0, 0.05) is 16.3 Å². The Labute approximate surface area is 127 Å². The Kier molecular flexibility index (Phi) is 5.11. The predicted molar refractivity (Wildman–Crippen MR) is 85.0 cm³/mol. The maximum atomic E-state index is 10.8. The maximum absolute atomic E-state index is 10.8. The van der Waals surface area contributed by atoms with E-state index in [1.807, 2.05) is 37.3 Å². The molecule has 21 heavy (non-hydrogen) atoms. The van der Waals surface area contributed by atoms with E-state index in [9.17, 15) is 4.79 Å². The van der Waals surface area contributed by atoms with Gasteiger partial charge in [-0.25, -0.2) is 4.79 Å². The highest BCUT2D eigenvalue weighted by Crippen LogP contribution is 2.31. The first-order valence-electron chi connectivity index (χ1n) is 6.57. The van der Waals surface area contributed by atoms with Crippen molar-refractivity contribution in [2.24, 2.45) is 0 Å². The van der Waals surface area contributed by atoms with E-state index < -0.39 is 5.97 Å². The topological polar surface area (TPSA) is 72.5 Å². The minimum absolute atomic E-state index is 0.293. The molecule has 0 saturated heterocycles. The zero-order chi connectivity index (χ0) is 15.2. The Balaban J connectivity index is 2.05. The molecule has 0 aliphatic carbocycles. The second kappa shape index (κ2) is 7.04. The van der Waals surface area contributed by atoms with Gasteiger partial charge in [0.15, 0.2) is 0 Å². The van der Waals surface area contributed by atoms with Crippen molar-refractivity contribution in [3.63, 3.8) is 0 Å². The summed E-state index contributed by atoms with van der Waals surface area (Å²) in [6, 6.07) is 12.5. The zero-order valence-electron chi connectivity index (χ0n) is 11.7. The van der Waals surface area contributed by atoms with Crippen molar-refractivity contribution < 1.29 is 14.6 Å². The minimum Gasteiger partial charge on any atom is -0.494 e. The van der Waals surface area contributed by atoms with Crippen LogP contribution in [0.2, 0.25) is 0 Å². The molecule has 0 saturated carbocycles. The second-order valence-electron chi connectivity index (χ2n) is 4.42. The molecule has 2 rings (SSSR count). The lowest BCUT2D eigenvalue weighted by atomic mass is 10.1. The number of ether oxygens (including phenoxy) is 1. The molecular weight excluding hydrogens is 286 g/mol. The van der Waals surface area contributed by atoms with Crippen LogP contribution in [0.15, 0.2) is 47.4 Å². The monoisotopic (exact) mass is 303 g/mol. The van der Waals surface area contributed by atoms with Crippen LogP contribution in [0.3, 0.4) is 0 Å². The van der Waals surface area contributed by atoms with Gasteiger partial charge in [0.05, 0.1) is 12.2 Å². The number of carboxylic acid groups (broad SMARTS) is 1. The van der Waals surface area contributed by atoms with Gasteiger partial charge in [-0.3, -0.25) is 0 Å². The highest BCUT2D eigenvalue weighted by atomic mass is 32.2. The highest BCUT2D eigenvalue weighted by Gasteiger charge is 2.05. The first kappa shape index (κ1) is 15.3. The number of benzene rings is 2. The van der Waals surface area contributed by atoms with Gasteiger partial charge in [-0.1, -0.05) is 12.1 Å². The fourth-order valence-electron chi connectivity index (χ4n) is 1.80. The summed E-state index contributed by atoms with van der Waals surface area (Å²) in [5, 5.41) is 8.87. The maximum Gasteiger partial charge on any atom is 0.335 e. The number of rotatable bonds is 6. The van der Waals surface area contributed by atoms with Gasteiger partial charge >= 0.3 is 5.97 Å². The molecule has 0 heterocycles. The lowest BCUT2D eigenvalue weighted by Crippen LogP contribution is -1.96. The van der Waals surface area contributed by atoms with Gasteiger partial charge in [0.1, 0.15) is 5.75 Å². The number of carboxylic acids is 1. The third kappa shape index (κ3) is 4.16. The summed E-state index contributed by atoms with van der Waals surface area (Å²) in [7, 11) is 0. The molecule has 0 aromatic heterocycles. The lowest BCUT2D eigenvalue weighted by molar-refractivity contribution is 0.0697. The Morgan fingerprint density at radius 2 is 1.95 bits per heavy atom. The second-order valence-corrected chi connectivity index (χ2v) is 5.44. The van der Waals surface area contributed by atoms with Crippen molar-refractivity contribution in [3.8, 4) is 5.75 Å². The van der Waals surface area contributed by atoms with E-state index in [2.05, 4.69) is 0 Å². The predicted octanol–water partition coefficient (Wildman–Crippen LogP) is 3.66.